The standard InChI is InChI=1S/C12H17NO/c1-14-12(7-8-12)11-5-3-2-4-10(11)6-9-13/h2-5H,6-9,13H2,1H3. The van der Waals surface area contributed by atoms with Gasteiger partial charge in [-0.05, 0) is 36.9 Å². The summed E-state index contributed by atoms with van der Waals surface area (Å²) < 4.78 is 5.58. The third kappa shape index (κ3) is 1.56. The van der Waals surface area contributed by atoms with Crippen molar-refractivity contribution in [2.24, 2.45) is 5.73 Å². The fraction of sp³-hybridized carbons (Fsp3) is 0.500. The summed E-state index contributed by atoms with van der Waals surface area (Å²) in [6, 6.07) is 8.47. The zero-order valence-corrected chi connectivity index (χ0v) is 8.62. The number of benzene rings is 1. The zero-order chi connectivity index (χ0) is 10.0. The van der Waals surface area contributed by atoms with Crippen molar-refractivity contribution in [2.45, 2.75) is 24.9 Å². The number of methoxy groups -OCH3 is 1. The smallest absolute Gasteiger partial charge is 0.0932 e. The SMILES string of the molecule is COC1(c2ccccc2CCN)CC1. The molecule has 1 fully saturated rings. The highest BCUT2D eigenvalue weighted by atomic mass is 16.5. The van der Waals surface area contributed by atoms with Crippen LogP contribution in [0, 0.1) is 0 Å². The Labute approximate surface area is 85.1 Å². The summed E-state index contributed by atoms with van der Waals surface area (Å²) in [7, 11) is 1.80. The molecule has 0 atom stereocenters. The summed E-state index contributed by atoms with van der Waals surface area (Å²) in [5, 5.41) is 0. The fourth-order valence-corrected chi connectivity index (χ4v) is 2.04. The molecule has 2 nitrogen and oxygen atoms in total. The molecule has 1 saturated carbocycles. The van der Waals surface area contributed by atoms with Gasteiger partial charge >= 0.3 is 0 Å². The average Bonchev–Trinajstić information content (AvgIpc) is 3.00. The zero-order valence-electron chi connectivity index (χ0n) is 8.62. The summed E-state index contributed by atoms with van der Waals surface area (Å²) in [5.41, 5.74) is 8.30. The summed E-state index contributed by atoms with van der Waals surface area (Å²) in [4.78, 5) is 0. The molecule has 0 radical (unpaired) electrons. The molecule has 0 saturated heterocycles. The van der Waals surface area contributed by atoms with E-state index in [1.807, 2.05) is 0 Å². The quantitative estimate of drug-likeness (QED) is 0.788. The minimum absolute atomic E-state index is 0.0196. The highest BCUT2D eigenvalue weighted by Crippen LogP contribution is 2.49. The first-order chi connectivity index (χ1) is 6.82. The topological polar surface area (TPSA) is 35.2 Å². The van der Waals surface area contributed by atoms with E-state index in [0.29, 0.717) is 6.54 Å². The van der Waals surface area contributed by atoms with Gasteiger partial charge in [-0.25, -0.2) is 0 Å². The first kappa shape index (κ1) is 9.69. The van der Waals surface area contributed by atoms with E-state index in [0.717, 1.165) is 19.3 Å². The van der Waals surface area contributed by atoms with Crippen LogP contribution in [0.5, 0.6) is 0 Å². The fourth-order valence-electron chi connectivity index (χ4n) is 2.04. The van der Waals surface area contributed by atoms with Gasteiger partial charge in [0, 0.05) is 7.11 Å². The molecular weight excluding hydrogens is 174 g/mol. The number of hydrogen-bond donors (Lipinski definition) is 1. The Morgan fingerprint density at radius 1 is 1.36 bits per heavy atom. The molecule has 2 N–H and O–H groups in total. The maximum Gasteiger partial charge on any atom is 0.0932 e. The van der Waals surface area contributed by atoms with Crippen molar-refractivity contribution in [3.63, 3.8) is 0 Å². The number of rotatable bonds is 4. The lowest BCUT2D eigenvalue weighted by molar-refractivity contribution is 0.0781. The molecule has 0 spiro atoms. The summed E-state index contributed by atoms with van der Waals surface area (Å²) in [5.74, 6) is 0. The van der Waals surface area contributed by atoms with Crippen molar-refractivity contribution in [1.29, 1.82) is 0 Å². The van der Waals surface area contributed by atoms with Gasteiger partial charge in [0.05, 0.1) is 5.60 Å². The highest BCUT2D eigenvalue weighted by molar-refractivity contribution is 5.36. The van der Waals surface area contributed by atoms with E-state index in [1.54, 1.807) is 7.11 Å². The Morgan fingerprint density at radius 2 is 2.07 bits per heavy atom. The third-order valence-corrected chi connectivity index (χ3v) is 3.02. The first-order valence-corrected chi connectivity index (χ1v) is 5.16. The Hall–Kier alpha value is -0.860. The van der Waals surface area contributed by atoms with Crippen molar-refractivity contribution in [3.8, 4) is 0 Å². The van der Waals surface area contributed by atoms with Crippen LogP contribution < -0.4 is 5.73 Å². The van der Waals surface area contributed by atoms with Crippen LogP contribution in [0.2, 0.25) is 0 Å². The lowest BCUT2D eigenvalue weighted by Gasteiger charge is -2.17. The van der Waals surface area contributed by atoms with Gasteiger partial charge in [-0.1, -0.05) is 24.3 Å². The van der Waals surface area contributed by atoms with E-state index in [2.05, 4.69) is 24.3 Å². The predicted molar refractivity (Wildman–Crippen MR) is 57.1 cm³/mol. The molecular formula is C12H17NO. The van der Waals surface area contributed by atoms with E-state index >= 15 is 0 Å². The summed E-state index contributed by atoms with van der Waals surface area (Å²) >= 11 is 0. The van der Waals surface area contributed by atoms with Crippen molar-refractivity contribution < 1.29 is 4.74 Å². The van der Waals surface area contributed by atoms with Crippen molar-refractivity contribution in [1.82, 2.24) is 0 Å². The summed E-state index contributed by atoms with van der Waals surface area (Å²) in [6.45, 7) is 0.705. The minimum atomic E-state index is 0.0196. The summed E-state index contributed by atoms with van der Waals surface area (Å²) in [6.07, 6.45) is 3.23. The van der Waals surface area contributed by atoms with E-state index in [1.165, 1.54) is 11.1 Å². The van der Waals surface area contributed by atoms with Crippen LogP contribution in [0.4, 0.5) is 0 Å². The maximum atomic E-state index is 5.59. The van der Waals surface area contributed by atoms with E-state index in [4.69, 9.17) is 10.5 Å². The van der Waals surface area contributed by atoms with E-state index in [9.17, 15) is 0 Å². The van der Waals surface area contributed by atoms with Gasteiger partial charge < -0.3 is 10.5 Å². The second-order valence-corrected chi connectivity index (χ2v) is 3.89. The molecule has 2 rings (SSSR count). The molecule has 0 aromatic heterocycles. The Morgan fingerprint density at radius 3 is 2.64 bits per heavy atom. The molecule has 0 bridgehead atoms. The molecule has 0 unspecified atom stereocenters. The minimum Gasteiger partial charge on any atom is -0.374 e. The molecule has 0 heterocycles. The molecule has 2 heteroatoms. The van der Waals surface area contributed by atoms with Crippen LogP contribution in [0.25, 0.3) is 0 Å². The van der Waals surface area contributed by atoms with Gasteiger partial charge in [-0.2, -0.15) is 0 Å². The lowest BCUT2D eigenvalue weighted by atomic mass is 9.98. The Kier molecular flexibility index (Phi) is 2.57. The van der Waals surface area contributed by atoms with Crippen LogP contribution in [-0.4, -0.2) is 13.7 Å². The molecule has 1 aromatic rings. The third-order valence-electron chi connectivity index (χ3n) is 3.02. The molecule has 1 aliphatic carbocycles. The Balaban J connectivity index is 2.32. The van der Waals surface area contributed by atoms with Gasteiger partial charge in [0.1, 0.15) is 0 Å². The van der Waals surface area contributed by atoms with Gasteiger partial charge in [-0.15, -0.1) is 0 Å². The van der Waals surface area contributed by atoms with Gasteiger partial charge in [0.25, 0.3) is 0 Å². The molecule has 1 aliphatic rings. The predicted octanol–water partition coefficient (Wildman–Crippen LogP) is 1.82. The second-order valence-electron chi connectivity index (χ2n) is 3.89. The monoisotopic (exact) mass is 191 g/mol. The number of ether oxygens (including phenoxy) is 1. The van der Waals surface area contributed by atoms with Gasteiger partial charge in [0.2, 0.25) is 0 Å². The van der Waals surface area contributed by atoms with Crippen molar-refractivity contribution >= 4 is 0 Å². The highest BCUT2D eigenvalue weighted by Gasteiger charge is 2.45. The van der Waals surface area contributed by atoms with Crippen LogP contribution in [0.3, 0.4) is 0 Å². The van der Waals surface area contributed by atoms with E-state index < -0.39 is 0 Å². The molecule has 0 amide bonds. The largest absolute Gasteiger partial charge is 0.374 e. The van der Waals surface area contributed by atoms with Crippen LogP contribution in [-0.2, 0) is 16.8 Å². The average molecular weight is 191 g/mol. The molecule has 1 aromatic carbocycles. The second kappa shape index (κ2) is 3.71. The van der Waals surface area contributed by atoms with Crippen molar-refractivity contribution in [2.75, 3.05) is 13.7 Å². The van der Waals surface area contributed by atoms with Gasteiger partial charge in [-0.3, -0.25) is 0 Å². The lowest BCUT2D eigenvalue weighted by Crippen LogP contribution is -2.14. The first-order valence-electron chi connectivity index (χ1n) is 5.16. The Bertz CT molecular complexity index is 318. The van der Waals surface area contributed by atoms with Crippen LogP contribution >= 0.6 is 0 Å². The van der Waals surface area contributed by atoms with Gasteiger partial charge in [0.15, 0.2) is 0 Å². The van der Waals surface area contributed by atoms with Crippen molar-refractivity contribution in [3.05, 3.63) is 35.4 Å². The van der Waals surface area contributed by atoms with Crippen LogP contribution in [0.1, 0.15) is 24.0 Å². The maximum absolute atomic E-state index is 5.59. The van der Waals surface area contributed by atoms with E-state index in [-0.39, 0.29) is 5.60 Å². The van der Waals surface area contributed by atoms with Crippen LogP contribution in [0.15, 0.2) is 24.3 Å². The normalized spacial score (nSPS) is 18.1. The molecule has 14 heavy (non-hydrogen) atoms. The molecule has 0 aliphatic heterocycles. The number of hydrogen-bond acceptors (Lipinski definition) is 2. The molecule has 76 valence electrons. The number of nitrogens with two attached hydrogens (primary N) is 1.